The minimum absolute atomic E-state index is 0. The number of alkyl halides is 2. The van der Waals surface area contributed by atoms with Gasteiger partial charge in [-0.3, -0.25) is 9.98 Å². The van der Waals surface area contributed by atoms with Crippen molar-refractivity contribution < 1.29 is 17.1 Å². The SMILES string of the molecule is ClC1CCC(N=CC2C=CCC[N-]2)CC1.ClC1CCC(N=CC2CCCC[N-]2)CC1.[Mn].[N-]=C=S.[N-]=C=S. The first-order valence-corrected chi connectivity index (χ1v) is 14.6. The van der Waals surface area contributed by atoms with Crippen molar-refractivity contribution in [2.24, 2.45) is 9.98 Å². The molecule has 2 aliphatic heterocycles. The van der Waals surface area contributed by atoms with Crippen molar-refractivity contribution in [2.45, 2.75) is 112 Å². The van der Waals surface area contributed by atoms with Crippen LogP contribution in [0.25, 0.3) is 21.5 Å². The van der Waals surface area contributed by atoms with E-state index in [2.05, 4.69) is 63.4 Å². The normalized spacial score (nSPS) is 31.1. The predicted molar refractivity (Wildman–Crippen MR) is 164 cm³/mol. The Hall–Kier alpha value is -0.301. The van der Waals surface area contributed by atoms with Crippen molar-refractivity contribution in [3.63, 3.8) is 0 Å². The van der Waals surface area contributed by atoms with E-state index in [1.807, 2.05) is 6.21 Å². The molecule has 0 aromatic carbocycles. The molecule has 0 amide bonds. The Bertz CT molecular complexity index is 709. The molecule has 1 saturated heterocycles. The third-order valence-electron chi connectivity index (χ3n) is 6.41. The Morgan fingerprint density at radius 1 is 0.757 bits per heavy atom. The largest absolute Gasteiger partial charge is 0.753 e. The van der Waals surface area contributed by atoms with Gasteiger partial charge in [-0.1, -0.05) is 68.3 Å². The van der Waals surface area contributed by atoms with Crippen molar-refractivity contribution in [1.82, 2.24) is 0 Å². The summed E-state index contributed by atoms with van der Waals surface area (Å²) in [6.45, 7) is 1.98. The van der Waals surface area contributed by atoms with Crippen LogP contribution in [0.5, 0.6) is 0 Å². The van der Waals surface area contributed by atoms with E-state index in [0.717, 1.165) is 70.9 Å². The first-order valence-electron chi connectivity index (χ1n) is 12.9. The molecule has 11 heteroatoms. The number of hydrogen-bond acceptors (Lipinski definition) is 4. The van der Waals surface area contributed by atoms with Crippen LogP contribution in [0.1, 0.15) is 77.0 Å². The average Bonchev–Trinajstić information content (AvgIpc) is 2.91. The summed E-state index contributed by atoms with van der Waals surface area (Å²) in [5.74, 6) is 0. The third kappa shape index (κ3) is 19.4. The van der Waals surface area contributed by atoms with Crippen LogP contribution in [0.15, 0.2) is 22.1 Å². The second-order valence-electron chi connectivity index (χ2n) is 9.17. The molecule has 37 heavy (non-hydrogen) atoms. The van der Waals surface area contributed by atoms with Gasteiger partial charge in [0.25, 0.3) is 0 Å². The van der Waals surface area contributed by atoms with Gasteiger partial charge in [0.05, 0.1) is 0 Å². The Kier molecular flexibility index (Phi) is 24.5. The van der Waals surface area contributed by atoms with Crippen molar-refractivity contribution >= 4 is 70.4 Å². The van der Waals surface area contributed by atoms with E-state index in [1.54, 1.807) is 0 Å². The Morgan fingerprint density at radius 2 is 1.27 bits per heavy atom. The predicted octanol–water partition coefficient (Wildman–Crippen LogP) is 8.16. The van der Waals surface area contributed by atoms with Crippen LogP contribution < -0.4 is 0 Å². The quantitative estimate of drug-likeness (QED) is 0.104. The molecule has 6 nitrogen and oxygen atoms in total. The number of halogens is 2. The second kappa shape index (κ2) is 24.7. The fourth-order valence-corrected chi connectivity index (χ4v) is 4.93. The fraction of sp³-hybridized carbons (Fsp3) is 0.769. The van der Waals surface area contributed by atoms with E-state index >= 15 is 0 Å². The van der Waals surface area contributed by atoms with E-state index in [4.69, 9.17) is 34.0 Å². The minimum Gasteiger partial charge on any atom is -0.753 e. The van der Waals surface area contributed by atoms with Crippen molar-refractivity contribution in [3.05, 3.63) is 33.6 Å². The maximum absolute atomic E-state index is 7.13. The monoisotopic (exact) mass is 623 g/mol. The van der Waals surface area contributed by atoms with Gasteiger partial charge >= 0.3 is 0 Å². The summed E-state index contributed by atoms with van der Waals surface area (Å²) < 4.78 is 0. The zero-order valence-corrected chi connectivity index (χ0v) is 25.6. The first kappa shape index (κ1) is 36.7. The number of nitrogens with zero attached hydrogens (tertiary/aromatic N) is 6. The van der Waals surface area contributed by atoms with E-state index < -0.39 is 0 Å². The zero-order chi connectivity index (χ0) is 26.4. The summed E-state index contributed by atoms with van der Waals surface area (Å²) in [6, 6.07) is 1.66. The molecule has 4 rings (SSSR count). The summed E-state index contributed by atoms with van der Waals surface area (Å²) in [6.07, 6.45) is 22.4. The Balaban J connectivity index is 0.000000566. The fourth-order valence-electron chi connectivity index (χ4n) is 4.43. The van der Waals surface area contributed by atoms with Crippen LogP contribution in [-0.2, 0) is 17.1 Å². The average molecular weight is 625 g/mol. The molecule has 2 atom stereocenters. The summed E-state index contributed by atoms with van der Waals surface area (Å²) in [4.78, 5) is 9.28. The van der Waals surface area contributed by atoms with Gasteiger partial charge in [0.1, 0.15) is 0 Å². The minimum atomic E-state index is 0. The maximum Gasteiger partial charge on any atom is 0.0496 e. The van der Waals surface area contributed by atoms with E-state index in [-0.39, 0.29) is 23.1 Å². The van der Waals surface area contributed by atoms with Crippen LogP contribution in [0.2, 0.25) is 0 Å². The topological polar surface area (TPSA) is 97.5 Å². The number of hydrogen-bond donors (Lipinski definition) is 0. The molecule has 2 heterocycles. The molecule has 1 radical (unpaired) electrons. The van der Waals surface area contributed by atoms with E-state index in [1.165, 1.54) is 29.6 Å². The van der Waals surface area contributed by atoms with Gasteiger partial charge in [-0.2, -0.15) is 10.3 Å². The van der Waals surface area contributed by atoms with Gasteiger partial charge in [-0.05, 0) is 63.8 Å². The molecule has 0 spiro atoms. The number of piperidine rings is 1. The number of aliphatic imine (C=N–C) groups is 2. The van der Waals surface area contributed by atoms with Crippen LogP contribution >= 0.6 is 47.6 Å². The van der Waals surface area contributed by atoms with Crippen molar-refractivity contribution in [2.75, 3.05) is 13.1 Å². The smallest absolute Gasteiger partial charge is 0.0496 e. The zero-order valence-electron chi connectivity index (χ0n) is 21.3. The van der Waals surface area contributed by atoms with Crippen LogP contribution in [0, 0.1) is 0 Å². The van der Waals surface area contributed by atoms with Crippen LogP contribution in [-0.4, -0.2) is 70.8 Å². The summed E-state index contributed by atoms with van der Waals surface area (Å²) >= 11 is 19.5. The summed E-state index contributed by atoms with van der Waals surface area (Å²) in [5.41, 5.74) is 0. The van der Waals surface area contributed by atoms with Gasteiger partial charge in [0.2, 0.25) is 0 Å². The third-order valence-corrected chi connectivity index (χ3v) is 7.28. The molecule has 0 bridgehead atoms. The standard InChI is InChI=1S/C12H20ClN2.C12H18ClN2.2CNS.Mn/c2*13-10-4-6-11(7-5-10)15-9-12-3-1-2-8-14-12;2*2-1-3;/h9-12H,1-8H2;1,3,9-12H,2,4-8H2;;;/q4*-1;. The molecule has 2 aliphatic carbocycles. The van der Waals surface area contributed by atoms with Crippen LogP contribution in [0.4, 0.5) is 0 Å². The molecule has 209 valence electrons. The molecular weight excluding hydrogens is 586 g/mol. The van der Waals surface area contributed by atoms with Gasteiger partial charge < -0.3 is 21.5 Å². The number of thiocarbonyl (C=S) groups is 2. The van der Waals surface area contributed by atoms with Gasteiger partial charge in [0, 0.05) is 39.9 Å². The molecule has 0 aromatic heterocycles. The molecule has 4 aliphatic rings. The number of isothiocyanates is 2. The Labute approximate surface area is 254 Å². The molecule has 2 unspecified atom stereocenters. The summed E-state index contributed by atoms with van der Waals surface area (Å²) in [5, 5.41) is 26.7. The second-order valence-corrected chi connectivity index (χ2v) is 10.8. The van der Waals surface area contributed by atoms with Gasteiger partial charge in [-0.25, -0.2) is 0 Å². The maximum atomic E-state index is 7.13. The van der Waals surface area contributed by atoms with Crippen LogP contribution in [0.3, 0.4) is 0 Å². The Morgan fingerprint density at radius 3 is 1.70 bits per heavy atom. The van der Waals surface area contributed by atoms with Gasteiger partial charge in [0.15, 0.2) is 0 Å². The first-order chi connectivity index (χ1) is 17.5. The van der Waals surface area contributed by atoms with Gasteiger partial charge in [-0.15, -0.1) is 42.4 Å². The van der Waals surface area contributed by atoms with Crippen molar-refractivity contribution in [3.8, 4) is 0 Å². The molecule has 0 N–H and O–H groups in total. The molecule has 3 fully saturated rings. The van der Waals surface area contributed by atoms with Crippen molar-refractivity contribution in [1.29, 1.82) is 0 Å². The molecular formula is C26H38Cl2MnN6S2-4. The molecule has 2 saturated carbocycles. The molecule has 0 aromatic rings. The van der Waals surface area contributed by atoms with E-state index in [0.29, 0.717) is 28.9 Å². The summed E-state index contributed by atoms with van der Waals surface area (Å²) in [7, 11) is 0. The number of rotatable bonds is 4. The van der Waals surface area contributed by atoms with E-state index in [9.17, 15) is 0 Å².